The molecule has 0 aromatic heterocycles. The maximum Gasteiger partial charge on any atom is 0.305 e. The van der Waals surface area contributed by atoms with Crippen LogP contribution in [0.2, 0.25) is 0 Å². The number of amides is 1. The van der Waals surface area contributed by atoms with Gasteiger partial charge in [-0.05, 0) is 89.9 Å². The SMILES string of the molecule is CCCCCC/C=C/CC/C=C/C(O)C(COC1OC(CO)C(O)C(O)C1O)NC(=O)CC/C=C\C/C=C\CCCCCCCCOC(=O)CCCCCCCCCCC/C=C\CCCCCCCC. The Balaban J connectivity index is 2.12. The van der Waals surface area contributed by atoms with Crippen molar-refractivity contribution in [1.29, 1.82) is 0 Å². The number of carbonyl (C=O) groups is 2. The first-order valence-corrected chi connectivity index (χ1v) is 28.6. The molecular weight excluding hydrogens is 883 g/mol. The summed E-state index contributed by atoms with van der Waals surface area (Å²) in [7, 11) is 0. The summed E-state index contributed by atoms with van der Waals surface area (Å²) in [5, 5.41) is 54.1. The van der Waals surface area contributed by atoms with Crippen molar-refractivity contribution in [1.82, 2.24) is 5.32 Å². The number of carbonyl (C=O) groups excluding carboxylic acids is 2. The van der Waals surface area contributed by atoms with Gasteiger partial charge in [0.2, 0.25) is 5.91 Å². The molecule has 0 aromatic rings. The van der Waals surface area contributed by atoms with E-state index in [1.54, 1.807) is 6.08 Å². The van der Waals surface area contributed by atoms with E-state index in [9.17, 15) is 35.1 Å². The van der Waals surface area contributed by atoms with Crippen LogP contribution in [-0.2, 0) is 23.8 Å². The molecule has 7 atom stereocenters. The van der Waals surface area contributed by atoms with Crippen LogP contribution in [0.5, 0.6) is 0 Å². The van der Waals surface area contributed by atoms with Crippen LogP contribution in [0.25, 0.3) is 0 Å². The van der Waals surface area contributed by atoms with E-state index in [0.29, 0.717) is 19.4 Å². The summed E-state index contributed by atoms with van der Waals surface area (Å²) in [6.07, 6.45) is 51.9. The Morgan fingerprint density at radius 3 is 1.54 bits per heavy atom. The van der Waals surface area contributed by atoms with Crippen molar-refractivity contribution < 1.29 is 49.3 Å². The van der Waals surface area contributed by atoms with Crippen molar-refractivity contribution >= 4 is 11.9 Å². The molecule has 1 rings (SSSR count). The van der Waals surface area contributed by atoms with Crippen LogP contribution in [0.1, 0.15) is 239 Å². The molecule has 0 aromatic carbocycles. The summed E-state index contributed by atoms with van der Waals surface area (Å²) in [5.74, 6) is -0.318. The first kappa shape index (κ1) is 65.4. The topological polar surface area (TPSA) is 175 Å². The van der Waals surface area contributed by atoms with Crippen molar-refractivity contribution in [3.05, 3.63) is 60.8 Å². The van der Waals surface area contributed by atoms with E-state index in [2.05, 4.69) is 55.6 Å². The van der Waals surface area contributed by atoms with Crippen LogP contribution >= 0.6 is 0 Å². The van der Waals surface area contributed by atoms with E-state index < -0.39 is 49.5 Å². The van der Waals surface area contributed by atoms with Gasteiger partial charge in [-0.15, -0.1) is 0 Å². The highest BCUT2D eigenvalue weighted by Gasteiger charge is 2.44. The Morgan fingerprint density at radius 1 is 0.529 bits per heavy atom. The zero-order chi connectivity index (χ0) is 51.0. The fourth-order valence-electron chi connectivity index (χ4n) is 8.49. The molecule has 0 saturated carbocycles. The third-order valence-electron chi connectivity index (χ3n) is 13.1. The number of esters is 1. The maximum atomic E-state index is 12.9. The first-order valence-electron chi connectivity index (χ1n) is 28.6. The molecule has 1 saturated heterocycles. The largest absolute Gasteiger partial charge is 0.466 e. The summed E-state index contributed by atoms with van der Waals surface area (Å²) in [6.45, 7) is 4.18. The number of allylic oxidation sites excluding steroid dienone is 9. The summed E-state index contributed by atoms with van der Waals surface area (Å²) < 4.78 is 16.6. The average molecular weight is 988 g/mol. The van der Waals surface area contributed by atoms with Crippen molar-refractivity contribution in [2.45, 2.75) is 281 Å². The predicted octanol–water partition coefficient (Wildman–Crippen LogP) is 12.7. The van der Waals surface area contributed by atoms with Gasteiger partial charge in [0.25, 0.3) is 0 Å². The molecule has 0 bridgehead atoms. The number of rotatable bonds is 48. The monoisotopic (exact) mass is 988 g/mol. The Kier molecular flexibility index (Phi) is 45.4. The summed E-state index contributed by atoms with van der Waals surface area (Å²) in [5.41, 5.74) is 0. The van der Waals surface area contributed by atoms with Gasteiger partial charge in [-0.2, -0.15) is 0 Å². The van der Waals surface area contributed by atoms with Gasteiger partial charge in [0, 0.05) is 12.8 Å². The standard InChI is InChI=1S/C59H105NO10/c1-3-5-7-9-11-13-15-16-17-18-19-20-21-24-27-31-35-39-43-47-55(64)68-48-44-40-36-32-28-25-22-23-26-30-34-38-42-46-54(63)60-51(50-69-59-58(67)57(66)56(65)53(49-61)70-59)52(62)45-41-37-33-29-14-12-10-8-6-4-2/h14,16-17,23,26,29,34,38,41,45,51-53,56-59,61-62,65-67H,3-13,15,18-22,24-25,27-28,30-33,35-37,39-40,42-44,46-50H2,1-2H3,(H,60,63)/b17-16-,26-23-,29-14+,38-34-,45-41+. The molecule has 11 heteroatoms. The van der Waals surface area contributed by atoms with Crippen molar-refractivity contribution in [2.75, 3.05) is 19.8 Å². The fraction of sp³-hybridized carbons (Fsp3) is 0.797. The lowest BCUT2D eigenvalue weighted by Crippen LogP contribution is -2.60. The molecule has 0 radical (unpaired) electrons. The molecule has 6 N–H and O–H groups in total. The van der Waals surface area contributed by atoms with Crippen molar-refractivity contribution in [3.63, 3.8) is 0 Å². The Labute approximate surface area is 427 Å². The number of nitrogens with one attached hydrogen (secondary N) is 1. The highest BCUT2D eigenvalue weighted by molar-refractivity contribution is 5.76. The predicted molar refractivity (Wildman–Crippen MR) is 287 cm³/mol. The van der Waals surface area contributed by atoms with Crippen LogP contribution < -0.4 is 5.32 Å². The summed E-state index contributed by atoms with van der Waals surface area (Å²) in [4.78, 5) is 25.1. The second-order valence-electron chi connectivity index (χ2n) is 19.6. The number of unbranched alkanes of at least 4 members (excludes halogenated alkanes) is 26. The smallest absolute Gasteiger partial charge is 0.305 e. The highest BCUT2D eigenvalue weighted by Crippen LogP contribution is 2.23. The summed E-state index contributed by atoms with van der Waals surface area (Å²) >= 11 is 0. The third-order valence-corrected chi connectivity index (χ3v) is 13.1. The van der Waals surface area contributed by atoms with Gasteiger partial charge < -0.3 is 45.1 Å². The molecule has 1 aliphatic heterocycles. The van der Waals surface area contributed by atoms with E-state index in [-0.39, 0.29) is 24.9 Å². The molecule has 1 heterocycles. The van der Waals surface area contributed by atoms with E-state index in [1.807, 2.05) is 18.2 Å². The van der Waals surface area contributed by atoms with Crippen LogP contribution in [0.4, 0.5) is 0 Å². The first-order chi connectivity index (χ1) is 34.2. The minimum Gasteiger partial charge on any atom is -0.466 e. The van der Waals surface area contributed by atoms with Crippen LogP contribution in [0.15, 0.2) is 60.8 Å². The van der Waals surface area contributed by atoms with E-state index >= 15 is 0 Å². The van der Waals surface area contributed by atoms with Crippen molar-refractivity contribution in [2.24, 2.45) is 0 Å². The molecule has 7 unspecified atom stereocenters. The van der Waals surface area contributed by atoms with Crippen LogP contribution in [0, 0.1) is 0 Å². The van der Waals surface area contributed by atoms with E-state index in [1.165, 1.54) is 135 Å². The van der Waals surface area contributed by atoms with Gasteiger partial charge in [-0.3, -0.25) is 9.59 Å². The zero-order valence-electron chi connectivity index (χ0n) is 44.5. The fourth-order valence-corrected chi connectivity index (χ4v) is 8.49. The number of hydrogen-bond donors (Lipinski definition) is 6. The highest BCUT2D eigenvalue weighted by atomic mass is 16.7. The Bertz CT molecular complexity index is 1350. The Hall–Kier alpha value is -2.64. The minimum absolute atomic E-state index is 0.0419. The third kappa shape index (κ3) is 38.0. The summed E-state index contributed by atoms with van der Waals surface area (Å²) in [6, 6.07) is -0.872. The maximum absolute atomic E-state index is 12.9. The lowest BCUT2D eigenvalue weighted by molar-refractivity contribution is -0.302. The number of aliphatic hydroxyl groups excluding tert-OH is 5. The Morgan fingerprint density at radius 2 is 0.986 bits per heavy atom. The molecule has 11 nitrogen and oxygen atoms in total. The molecule has 0 aliphatic carbocycles. The lowest BCUT2D eigenvalue weighted by atomic mass is 9.99. The van der Waals surface area contributed by atoms with Crippen LogP contribution in [-0.4, -0.2) is 100 Å². The van der Waals surface area contributed by atoms with E-state index in [0.717, 1.165) is 70.6 Å². The minimum atomic E-state index is -1.59. The quantitative estimate of drug-likeness (QED) is 0.0196. The number of hydrogen-bond acceptors (Lipinski definition) is 10. The lowest BCUT2D eigenvalue weighted by Gasteiger charge is -2.40. The molecule has 1 amide bonds. The van der Waals surface area contributed by atoms with Gasteiger partial charge in [-0.25, -0.2) is 0 Å². The van der Waals surface area contributed by atoms with Gasteiger partial charge in [0.1, 0.15) is 24.4 Å². The average Bonchev–Trinajstić information content (AvgIpc) is 3.36. The normalized spacial score (nSPS) is 19.7. The molecular formula is C59H105NO10. The second-order valence-corrected chi connectivity index (χ2v) is 19.6. The van der Waals surface area contributed by atoms with Gasteiger partial charge in [-0.1, -0.05) is 197 Å². The molecule has 70 heavy (non-hydrogen) atoms. The molecule has 406 valence electrons. The number of ether oxygens (including phenoxy) is 3. The molecule has 1 aliphatic rings. The molecule has 0 spiro atoms. The van der Waals surface area contributed by atoms with Gasteiger partial charge in [0.15, 0.2) is 6.29 Å². The second kappa shape index (κ2) is 48.6. The number of aliphatic hydroxyl groups is 5. The van der Waals surface area contributed by atoms with E-state index in [4.69, 9.17) is 14.2 Å². The van der Waals surface area contributed by atoms with Crippen molar-refractivity contribution in [3.8, 4) is 0 Å². The van der Waals surface area contributed by atoms with Gasteiger partial charge in [0.05, 0.1) is 32.0 Å². The zero-order valence-corrected chi connectivity index (χ0v) is 44.5. The van der Waals surface area contributed by atoms with Crippen LogP contribution in [0.3, 0.4) is 0 Å². The molecule has 1 fully saturated rings. The van der Waals surface area contributed by atoms with Gasteiger partial charge >= 0.3 is 5.97 Å².